The lowest BCUT2D eigenvalue weighted by Gasteiger charge is -2.05. The third-order valence-electron chi connectivity index (χ3n) is 2.15. The van der Waals surface area contributed by atoms with Crippen molar-refractivity contribution in [3.05, 3.63) is 29.3 Å². The van der Waals surface area contributed by atoms with E-state index in [1.54, 1.807) is 17.4 Å². The molecule has 90 valence electrons. The van der Waals surface area contributed by atoms with Gasteiger partial charge in [-0.05, 0) is 18.4 Å². The highest BCUT2D eigenvalue weighted by Crippen LogP contribution is 2.25. The molecule has 17 heavy (non-hydrogen) atoms. The molecule has 0 aliphatic carbocycles. The first kappa shape index (κ1) is 11.8. The van der Waals surface area contributed by atoms with Crippen LogP contribution in [0.5, 0.6) is 0 Å². The summed E-state index contributed by atoms with van der Waals surface area (Å²) in [5, 5.41) is 14.4. The van der Waals surface area contributed by atoms with Crippen molar-refractivity contribution in [3.8, 4) is 10.6 Å². The number of carboxylic acids is 1. The lowest BCUT2D eigenvalue weighted by Crippen LogP contribution is -2.19. The Morgan fingerprint density at radius 1 is 1.71 bits per heavy atom. The number of aromatic nitrogens is 1. The van der Waals surface area contributed by atoms with Crippen molar-refractivity contribution in [3.63, 3.8) is 0 Å². The van der Waals surface area contributed by atoms with Crippen LogP contribution in [0.3, 0.4) is 0 Å². The molecule has 1 N–H and O–H groups in total. The van der Waals surface area contributed by atoms with Crippen LogP contribution >= 0.6 is 11.3 Å². The molecule has 6 heteroatoms. The second-order valence-electron chi connectivity index (χ2n) is 3.45. The maximum Gasteiger partial charge on any atom is 0.332 e. The van der Waals surface area contributed by atoms with Crippen molar-refractivity contribution >= 4 is 17.3 Å². The average Bonchev–Trinajstić information content (AvgIpc) is 2.95. The fourth-order valence-corrected chi connectivity index (χ4v) is 1.87. The monoisotopic (exact) mass is 253 g/mol. The largest absolute Gasteiger partial charge is 0.479 e. The molecule has 0 bridgehead atoms. The number of ether oxygens (including phenoxy) is 1. The Morgan fingerprint density at radius 3 is 3.18 bits per heavy atom. The van der Waals surface area contributed by atoms with Gasteiger partial charge in [-0.2, -0.15) is 0 Å². The Balaban J connectivity index is 1.97. The maximum atomic E-state index is 10.5. The van der Waals surface area contributed by atoms with Gasteiger partial charge in [0, 0.05) is 6.07 Å². The summed E-state index contributed by atoms with van der Waals surface area (Å²) in [6.45, 7) is 1.60. The van der Waals surface area contributed by atoms with Gasteiger partial charge in [0.1, 0.15) is 5.69 Å². The normalized spacial score (nSPS) is 12.5. The van der Waals surface area contributed by atoms with E-state index >= 15 is 0 Å². The summed E-state index contributed by atoms with van der Waals surface area (Å²) in [5.74, 6) is -0.325. The molecule has 2 aromatic heterocycles. The molecule has 0 radical (unpaired) electrons. The zero-order chi connectivity index (χ0) is 12.3. The number of thiophene rings is 1. The fourth-order valence-electron chi connectivity index (χ4n) is 1.20. The summed E-state index contributed by atoms with van der Waals surface area (Å²) in [6, 6.07) is 5.60. The first-order valence-corrected chi connectivity index (χ1v) is 5.88. The quantitative estimate of drug-likeness (QED) is 0.885. The van der Waals surface area contributed by atoms with Gasteiger partial charge in [-0.3, -0.25) is 0 Å². The van der Waals surface area contributed by atoms with Crippen LogP contribution < -0.4 is 0 Å². The van der Waals surface area contributed by atoms with Crippen molar-refractivity contribution in [2.45, 2.75) is 19.6 Å². The van der Waals surface area contributed by atoms with E-state index in [2.05, 4.69) is 5.16 Å². The predicted molar refractivity (Wildman–Crippen MR) is 61.7 cm³/mol. The van der Waals surface area contributed by atoms with Gasteiger partial charge in [0.05, 0.1) is 11.5 Å². The number of nitrogens with zero attached hydrogens (tertiary/aromatic N) is 1. The lowest BCUT2D eigenvalue weighted by atomic mass is 10.3. The van der Waals surface area contributed by atoms with Crippen LogP contribution in [0.15, 0.2) is 28.1 Å². The van der Waals surface area contributed by atoms with E-state index < -0.39 is 12.1 Å². The topological polar surface area (TPSA) is 72.6 Å². The van der Waals surface area contributed by atoms with E-state index in [-0.39, 0.29) is 6.61 Å². The smallest absolute Gasteiger partial charge is 0.332 e. The molecule has 0 saturated carbocycles. The van der Waals surface area contributed by atoms with Gasteiger partial charge in [0.25, 0.3) is 0 Å². The Hall–Kier alpha value is -1.66. The van der Waals surface area contributed by atoms with Crippen molar-refractivity contribution in [1.29, 1.82) is 0 Å². The highest BCUT2D eigenvalue weighted by Gasteiger charge is 2.13. The van der Waals surface area contributed by atoms with Crippen molar-refractivity contribution in [2.24, 2.45) is 0 Å². The van der Waals surface area contributed by atoms with E-state index in [1.165, 1.54) is 6.92 Å². The van der Waals surface area contributed by atoms with Crippen LogP contribution in [0.1, 0.15) is 12.6 Å². The molecule has 1 atom stereocenters. The first-order valence-electron chi connectivity index (χ1n) is 5.00. The molecular weight excluding hydrogens is 242 g/mol. The van der Waals surface area contributed by atoms with Gasteiger partial charge in [0.2, 0.25) is 0 Å². The second-order valence-corrected chi connectivity index (χ2v) is 4.40. The van der Waals surface area contributed by atoms with Gasteiger partial charge in [0.15, 0.2) is 11.9 Å². The summed E-state index contributed by atoms with van der Waals surface area (Å²) in [5.41, 5.74) is 0.585. The van der Waals surface area contributed by atoms with Gasteiger partial charge in [-0.15, -0.1) is 11.3 Å². The number of rotatable bonds is 5. The summed E-state index contributed by atoms with van der Waals surface area (Å²) in [7, 11) is 0. The number of aliphatic carboxylic acids is 1. The van der Waals surface area contributed by atoms with E-state index in [0.29, 0.717) is 11.5 Å². The Labute approximate surface area is 102 Å². The van der Waals surface area contributed by atoms with Gasteiger partial charge in [-0.1, -0.05) is 11.2 Å². The second kappa shape index (κ2) is 5.11. The molecule has 0 aromatic carbocycles. The van der Waals surface area contributed by atoms with E-state index in [9.17, 15) is 4.79 Å². The van der Waals surface area contributed by atoms with E-state index in [4.69, 9.17) is 14.4 Å². The summed E-state index contributed by atoms with van der Waals surface area (Å²) < 4.78 is 10.2. The maximum absolute atomic E-state index is 10.5. The highest BCUT2D eigenvalue weighted by atomic mass is 32.1. The SMILES string of the molecule is CC(OCc1cc(-c2cccs2)on1)C(=O)O. The lowest BCUT2D eigenvalue weighted by molar-refractivity contribution is -0.149. The Morgan fingerprint density at radius 2 is 2.53 bits per heavy atom. The van der Waals surface area contributed by atoms with Crippen LogP contribution in [-0.4, -0.2) is 22.3 Å². The minimum Gasteiger partial charge on any atom is -0.479 e. The van der Waals surface area contributed by atoms with Crippen LogP contribution in [0, 0.1) is 0 Å². The third kappa shape index (κ3) is 2.92. The van der Waals surface area contributed by atoms with Gasteiger partial charge in [-0.25, -0.2) is 4.79 Å². The Kier molecular flexibility index (Phi) is 3.55. The van der Waals surface area contributed by atoms with E-state index in [0.717, 1.165) is 4.88 Å². The van der Waals surface area contributed by atoms with Crippen LogP contribution in [-0.2, 0) is 16.1 Å². The average molecular weight is 253 g/mol. The zero-order valence-corrected chi connectivity index (χ0v) is 9.94. The molecule has 0 spiro atoms. The molecule has 2 heterocycles. The van der Waals surface area contributed by atoms with Gasteiger partial charge < -0.3 is 14.4 Å². The molecule has 1 unspecified atom stereocenters. The summed E-state index contributed by atoms with van der Waals surface area (Å²) in [4.78, 5) is 11.5. The molecule has 2 aromatic rings. The summed E-state index contributed by atoms with van der Waals surface area (Å²) in [6.07, 6.45) is -0.850. The number of carbonyl (C=O) groups is 1. The van der Waals surface area contributed by atoms with Crippen molar-refractivity contribution in [2.75, 3.05) is 0 Å². The summed E-state index contributed by atoms with van der Waals surface area (Å²) >= 11 is 1.55. The van der Waals surface area contributed by atoms with Crippen molar-refractivity contribution < 1.29 is 19.2 Å². The molecule has 0 aliphatic heterocycles. The number of carboxylic acid groups (broad SMARTS) is 1. The Bertz CT molecular complexity index is 491. The number of hydrogen-bond acceptors (Lipinski definition) is 5. The zero-order valence-electron chi connectivity index (χ0n) is 9.12. The molecule has 2 rings (SSSR count). The minimum absolute atomic E-state index is 0.127. The molecule has 5 nitrogen and oxygen atoms in total. The predicted octanol–water partition coefficient (Wildman–Crippen LogP) is 2.39. The first-order chi connectivity index (χ1) is 8.16. The van der Waals surface area contributed by atoms with Crippen LogP contribution in [0.25, 0.3) is 10.6 Å². The van der Waals surface area contributed by atoms with Gasteiger partial charge >= 0.3 is 5.97 Å². The molecule has 0 fully saturated rings. The van der Waals surface area contributed by atoms with Crippen LogP contribution in [0.4, 0.5) is 0 Å². The molecule has 0 saturated heterocycles. The van der Waals surface area contributed by atoms with Crippen molar-refractivity contribution in [1.82, 2.24) is 5.16 Å². The van der Waals surface area contributed by atoms with Crippen LogP contribution in [0.2, 0.25) is 0 Å². The molecule has 0 amide bonds. The van der Waals surface area contributed by atoms with E-state index in [1.807, 2.05) is 17.5 Å². The molecule has 0 aliphatic rings. The molecular formula is C11H11NO4S. The highest BCUT2D eigenvalue weighted by molar-refractivity contribution is 7.13. The minimum atomic E-state index is -0.994. The number of hydrogen-bond donors (Lipinski definition) is 1. The third-order valence-corrected chi connectivity index (χ3v) is 3.04. The fraction of sp³-hybridized carbons (Fsp3) is 0.273. The standard InChI is InChI=1S/C11H11NO4S/c1-7(11(13)14)15-6-8-5-9(16-12-8)10-3-2-4-17-10/h2-5,7H,6H2,1H3,(H,13,14).